The first-order valence-corrected chi connectivity index (χ1v) is 14.5. The molecule has 2 aliphatic rings. The number of amides is 1. The van der Waals surface area contributed by atoms with Gasteiger partial charge in [0.1, 0.15) is 11.3 Å². The number of aromatic nitrogens is 2. The number of carbonyl (C=O) groups excluding carboxylic acids is 1. The van der Waals surface area contributed by atoms with Crippen LogP contribution in [0.2, 0.25) is 0 Å². The number of hydrogen-bond donors (Lipinski definition) is 0. The smallest absolute Gasteiger partial charge is 0.259 e. The van der Waals surface area contributed by atoms with Gasteiger partial charge in [0.25, 0.3) is 5.91 Å². The minimum Gasteiger partial charge on any atom is -0.489 e. The maximum absolute atomic E-state index is 13.5. The summed E-state index contributed by atoms with van der Waals surface area (Å²) in [6, 6.07) is 12.3. The Morgan fingerprint density at radius 2 is 1.80 bits per heavy atom. The maximum Gasteiger partial charge on any atom is 0.259 e. The van der Waals surface area contributed by atoms with E-state index in [0.29, 0.717) is 48.7 Å². The summed E-state index contributed by atoms with van der Waals surface area (Å²) in [6.07, 6.45) is 5.72. The first-order valence-electron chi connectivity index (χ1n) is 14.5. The molecular formula is C32H42N4O4. The molecule has 0 radical (unpaired) electrons. The molecule has 3 aromatic rings. The Morgan fingerprint density at radius 1 is 1.05 bits per heavy atom. The van der Waals surface area contributed by atoms with E-state index in [4.69, 9.17) is 14.0 Å². The number of benzene rings is 1. The van der Waals surface area contributed by atoms with E-state index in [1.165, 1.54) is 0 Å². The Bertz CT molecular complexity index is 1310. The number of rotatable bonds is 3. The fourth-order valence-corrected chi connectivity index (χ4v) is 5.75. The molecule has 0 N–H and O–H groups in total. The van der Waals surface area contributed by atoms with E-state index in [0.717, 1.165) is 55.8 Å². The summed E-state index contributed by atoms with van der Waals surface area (Å²) in [6.45, 7) is 14.2. The molecule has 0 saturated carbocycles. The number of fused-ring (bicyclic) bond motifs is 2. The molecule has 1 amide bonds. The lowest BCUT2D eigenvalue weighted by molar-refractivity contribution is 0.0592. The minimum absolute atomic E-state index is 0.0261. The molecule has 8 heteroatoms. The van der Waals surface area contributed by atoms with Crippen molar-refractivity contribution in [2.45, 2.75) is 78.8 Å². The number of ether oxygens (including phenoxy) is 2. The first-order chi connectivity index (χ1) is 19.2. The van der Waals surface area contributed by atoms with Gasteiger partial charge in [0, 0.05) is 37.4 Å². The van der Waals surface area contributed by atoms with E-state index < -0.39 is 0 Å². The van der Waals surface area contributed by atoms with Crippen LogP contribution in [0.4, 0.5) is 0 Å². The molecule has 40 heavy (non-hydrogen) atoms. The first kappa shape index (κ1) is 28.1. The van der Waals surface area contributed by atoms with Gasteiger partial charge in [-0.05, 0) is 68.7 Å². The molecule has 1 fully saturated rings. The average molecular weight is 547 g/mol. The second-order valence-electron chi connectivity index (χ2n) is 12.2. The molecule has 0 unspecified atom stereocenters. The quantitative estimate of drug-likeness (QED) is 0.366. The second-order valence-corrected chi connectivity index (χ2v) is 12.2. The van der Waals surface area contributed by atoms with E-state index >= 15 is 0 Å². The van der Waals surface area contributed by atoms with Gasteiger partial charge in [-0.1, -0.05) is 51.1 Å². The third-order valence-corrected chi connectivity index (χ3v) is 8.11. The maximum atomic E-state index is 13.5. The van der Waals surface area contributed by atoms with Crippen molar-refractivity contribution >= 4 is 5.91 Å². The van der Waals surface area contributed by atoms with Crippen molar-refractivity contribution in [3.05, 3.63) is 65.2 Å². The van der Waals surface area contributed by atoms with E-state index in [9.17, 15) is 4.79 Å². The van der Waals surface area contributed by atoms with Crippen LogP contribution in [-0.2, 0) is 6.54 Å². The lowest BCUT2D eigenvalue weighted by Crippen LogP contribution is -2.47. The van der Waals surface area contributed by atoms with Crippen LogP contribution in [0, 0.1) is 12.3 Å². The summed E-state index contributed by atoms with van der Waals surface area (Å²) >= 11 is 0. The molecule has 0 spiro atoms. The number of pyridine rings is 1. The van der Waals surface area contributed by atoms with Crippen molar-refractivity contribution in [1.82, 2.24) is 19.9 Å². The molecule has 0 bridgehead atoms. The number of hydrogen-bond acceptors (Lipinski definition) is 7. The molecular weight excluding hydrogens is 504 g/mol. The summed E-state index contributed by atoms with van der Waals surface area (Å²) in [5.74, 6) is 2.81. The summed E-state index contributed by atoms with van der Waals surface area (Å²) < 4.78 is 18.0. The highest BCUT2D eigenvalue weighted by Gasteiger charge is 2.32. The average Bonchev–Trinajstić information content (AvgIpc) is 3.34. The Hall–Kier alpha value is -3.39. The molecule has 5 rings (SSSR count). The Labute approximate surface area is 237 Å². The van der Waals surface area contributed by atoms with Crippen LogP contribution < -0.4 is 9.47 Å². The van der Waals surface area contributed by atoms with Gasteiger partial charge in [0.15, 0.2) is 11.5 Å². The number of nitrogens with zero attached hydrogens (tertiary/aromatic N) is 4. The number of piperidine rings is 1. The van der Waals surface area contributed by atoms with Crippen molar-refractivity contribution in [3.63, 3.8) is 0 Å². The Kier molecular flexibility index (Phi) is 8.45. The van der Waals surface area contributed by atoms with Gasteiger partial charge in [0.05, 0.1) is 12.3 Å². The number of aryl methyl sites for hydroxylation is 1. The third-order valence-electron chi connectivity index (χ3n) is 8.11. The van der Waals surface area contributed by atoms with Gasteiger partial charge in [-0.25, -0.2) is 4.98 Å². The van der Waals surface area contributed by atoms with Crippen LogP contribution in [0.25, 0.3) is 0 Å². The Morgan fingerprint density at radius 3 is 2.55 bits per heavy atom. The van der Waals surface area contributed by atoms with Crippen LogP contribution in [0.5, 0.6) is 17.4 Å². The van der Waals surface area contributed by atoms with E-state index in [1.54, 1.807) is 6.20 Å². The van der Waals surface area contributed by atoms with Crippen LogP contribution in [0.15, 0.2) is 47.1 Å². The van der Waals surface area contributed by atoms with Crippen molar-refractivity contribution in [2.75, 3.05) is 26.2 Å². The van der Waals surface area contributed by atoms with Crippen molar-refractivity contribution in [2.24, 2.45) is 5.41 Å². The molecule has 8 nitrogen and oxygen atoms in total. The zero-order valence-electron chi connectivity index (χ0n) is 24.5. The monoisotopic (exact) mass is 546 g/mol. The molecule has 0 aliphatic carbocycles. The van der Waals surface area contributed by atoms with Crippen molar-refractivity contribution < 1.29 is 18.8 Å². The van der Waals surface area contributed by atoms with Gasteiger partial charge < -0.3 is 18.9 Å². The number of carbonyl (C=O) groups is 1. The predicted molar refractivity (Wildman–Crippen MR) is 154 cm³/mol. The lowest BCUT2D eigenvalue weighted by Gasteiger charge is -2.39. The number of para-hydroxylation sites is 2. The third kappa shape index (κ3) is 6.33. The SMILES string of the molecule is Cc1onc(C(C)C)c1C(=O)N1CCC(N2CCCC(C)(C)COc3ccccc3Oc3ncccc3C2)CC1. The van der Waals surface area contributed by atoms with Crippen LogP contribution in [0.1, 0.15) is 86.7 Å². The summed E-state index contributed by atoms with van der Waals surface area (Å²) in [5, 5.41) is 4.17. The van der Waals surface area contributed by atoms with E-state index in [1.807, 2.05) is 56.0 Å². The van der Waals surface area contributed by atoms with Gasteiger partial charge in [0.2, 0.25) is 5.88 Å². The standard InChI is InChI=1S/C32H42N4O4/c1-22(2)29-28(23(3)40-34-29)31(37)35-18-13-25(14-19-35)36-17-9-15-32(4,5)21-38-26-11-6-7-12-27(26)39-30-24(20-36)10-8-16-33-30/h6-8,10-12,16,22,25H,9,13-15,17-21H2,1-5H3. The topological polar surface area (TPSA) is 80.9 Å². The summed E-state index contributed by atoms with van der Waals surface area (Å²) in [7, 11) is 0. The second kappa shape index (κ2) is 12.0. The van der Waals surface area contributed by atoms with Gasteiger partial charge in [-0.3, -0.25) is 9.69 Å². The highest BCUT2D eigenvalue weighted by atomic mass is 16.5. The fraction of sp³-hybridized carbons (Fsp3) is 0.531. The van der Waals surface area contributed by atoms with Gasteiger partial charge in [-0.2, -0.15) is 0 Å². The zero-order valence-corrected chi connectivity index (χ0v) is 24.5. The predicted octanol–water partition coefficient (Wildman–Crippen LogP) is 6.60. The van der Waals surface area contributed by atoms with Gasteiger partial charge >= 0.3 is 0 Å². The van der Waals surface area contributed by atoms with E-state index in [2.05, 4.69) is 35.0 Å². The molecule has 2 aromatic heterocycles. The highest BCUT2D eigenvalue weighted by Crippen LogP contribution is 2.35. The normalized spacial score (nSPS) is 18.9. The molecule has 0 atom stereocenters. The van der Waals surface area contributed by atoms with Crippen LogP contribution in [0.3, 0.4) is 0 Å². The number of likely N-dealkylation sites (tertiary alicyclic amines) is 1. The molecule has 1 aromatic carbocycles. The Balaban J connectivity index is 1.35. The largest absolute Gasteiger partial charge is 0.489 e. The molecule has 1 saturated heterocycles. The van der Waals surface area contributed by atoms with Crippen LogP contribution >= 0.6 is 0 Å². The van der Waals surface area contributed by atoms with E-state index in [-0.39, 0.29) is 17.2 Å². The highest BCUT2D eigenvalue weighted by molar-refractivity contribution is 5.96. The van der Waals surface area contributed by atoms with Gasteiger partial charge in [-0.15, -0.1) is 0 Å². The van der Waals surface area contributed by atoms with Crippen molar-refractivity contribution in [1.29, 1.82) is 0 Å². The molecule has 2 aliphatic heterocycles. The molecule has 4 heterocycles. The van der Waals surface area contributed by atoms with Crippen LogP contribution in [-0.4, -0.2) is 58.1 Å². The van der Waals surface area contributed by atoms with Crippen molar-refractivity contribution in [3.8, 4) is 17.4 Å². The lowest BCUT2D eigenvalue weighted by atomic mass is 9.88. The summed E-state index contributed by atoms with van der Waals surface area (Å²) in [4.78, 5) is 22.6. The minimum atomic E-state index is 0.0261. The summed E-state index contributed by atoms with van der Waals surface area (Å²) in [5.41, 5.74) is 2.47. The zero-order chi connectivity index (χ0) is 28.3. The fourth-order valence-electron chi connectivity index (χ4n) is 5.75. The molecule has 214 valence electrons.